The largest absolute Gasteiger partial charge is 0.323 e. The molecule has 2 N–H and O–H groups in total. The molecule has 0 amide bonds. The van der Waals surface area contributed by atoms with Crippen LogP contribution in [0.5, 0.6) is 0 Å². The zero-order valence-corrected chi connectivity index (χ0v) is 10.8. The maximum atomic E-state index is 11.6. The van der Waals surface area contributed by atoms with Crippen molar-refractivity contribution in [2.75, 3.05) is 6.26 Å². The number of hydrogen-bond donors (Lipinski definition) is 1. The number of benzene rings is 1. The molecule has 0 aromatic heterocycles. The van der Waals surface area contributed by atoms with E-state index in [0.29, 0.717) is 6.42 Å². The van der Waals surface area contributed by atoms with Gasteiger partial charge in [0.25, 0.3) is 0 Å². The fraction of sp³-hybridized carbons (Fsp3) is 0.500. The quantitative estimate of drug-likeness (QED) is 0.874. The van der Waals surface area contributed by atoms with Crippen molar-refractivity contribution in [3.8, 4) is 0 Å². The van der Waals surface area contributed by atoms with Crippen molar-refractivity contribution in [3.05, 3.63) is 35.4 Å². The molecule has 0 aliphatic heterocycles. The van der Waals surface area contributed by atoms with Crippen molar-refractivity contribution in [1.29, 1.82) is 0 Å². The molecule has 16 heavy (non-hydrogen) atoms. The lowest BCUT2D eigenvalue weighted by Gasteiger charge is -2.21. The van der Waals surface area contributed by atoms with Gasteiger partial charge in [-0.1, -0.05) is 36.8 Å². The summed E-state index contributed by atoms with van der Waals surface area (Å²) in [6, 6.07) is 7.25. The predicted molar refractivity (Wildman–Crippen MR) is 67.0 cm³/mol. The molecule has 4 heteroatoms. The molecule has 0 fully saturated rings. The van der Waals surface area contributed by atoms with Gasteiger partial charge >= 0.3 is 0 Å². The molecule has 0 bridgehead atoms. The van der Waals surface area contributed by atoms with Crippen LogP contribution in [0.1, 0.15) is 30.5 Å². The molecule has 1 rings (SSSR count). The molecule has 0 heterocycles. The maximum Gasteiger partial charge on any atom is 0.152 e. The molecule has 0 aliphatic carbocycles. The molecule has 0 aliphatic rings. The van der Waals surface area contributed by atoms with Gasteiger partial charge in [-0.25, -0.2) is 8.42 Å². The average Bonchev–Trinajstić information content (AvgIpc) is 2.16. The second-order valence-corrected chi connectivity index (χ2v) is 6.48. The minimum Gasteiger partial charge on any atom is -0.323 e. The standard InChI is InChI=1S/C12H19NO2S/c1-4-11(16(3,14)15)12(13)10-7-5-6-9(2)8-10/h5-8,11-12H,4,13H2,1-3H3/t11-,12-/m1/s1. The van der Waals surface area contributed by atoms with Crippen molar-refractivity contribution < 1.29 is 8.42 Å². The van der Waals surface area contributed by atoms with Gasteiger partial charge in [0.15, 0.2) is 9.84 Å². The van der Waals surface area contributed by atoms with Gasteiger partial charge in [0.2, 0.25) is 0 Å². The molecule has 1 aromatic rings. The van der Waals surface area contributed by atoms with Crippen LogP contribution in [0, 0.1) is 6.92 Å². The number of nitrogens with two attached hydrogens (primary N) is 1. The van der Waals surface area contributed by atoms with Crippen LogP contribution in [0.2, 0.25) is 0 Å². The van der Waals surface area contributed by atoms with Crippen molar-refractivity contribution in [1.82, 2.24) is 0 Å². The number of aryl methyl sites for hydroxylation is 1. The summed E-state index contributed by atoms with van der Waals surface area (Å²) in [5.74, 6) is 0. The second kappa shape index (κ2) is 4.97. The lowest BCUT2D eigenvalue weighted by molar-refractivity contribution is 0.553. The summed E-state index contributed by atoms with van der Waals surface area (Å²) in [7, 11) is -3.10. The third-order valence-electron chi connectivity index (χ3n) is 2.78. The molecule has 0 saturated carbocycles. The Bertz CT molecular complexity index is 454. The van der Waals surface area contributed by atoms with Crippen LogP contribution in [0.3, 0.4) is 0 Å². The van der Waals surface area contributed by atoms with Gasteiger partial charge in [0, 0.05) is 12.3 Å². The zero-order valence-electron chi connectivity index (χ0n) is 9.97. The van der Waals surface area contributed by atoms with Gasteiger partial charge in [0.1, 0.15) is 0 Å². The summed E-state index contributed by atoms with van der Waals surface area (Å²) in [5.41, 5.74) is 8.01. The minimum atomic E-state index is -3.10. The van der Waals surface area contributed by atoms with E-state index in [-0.39, 0.29) is 0 Å². The highest BCUT2D eigenvalue weighted by atomic mass is 32.2. The van der Waals surface area contributed by atoms with E-state index in [4.69, 9.17) is 5.73 Å². The Labute approximate surface area is 97.6 Å². The second-order valence-electron chi connectivity index (χ2n) is 4.22. The Balaban J connectivity index is 3.05. The Morgan fingerprint density at radius 3 is 2.44 bits per heavy atom. The van der Waals surface area contributed by atoms with Gasteiger partial charge in [0.05, 0.1) is 5.25 Å². The molecule has 3 nitrogen and oxygen atoms in total. The lowest BCUT2D eigenvalue weighted by atomic mass is 10.0. The van der Waals surface area contributed by atoms with E-state index in [1.165, 1.54) is 6.26 Å². The summed E-state index contributed by atoms with van der Waals surface area (Å²) < 4.78 is 23.2. The molecule has 2 atom stereocenters. The van der Waals surface area contributed by atoms with Gasteiger partial charge in [-0.2, -0.15) is 0 Å². The first kappa shape index (κ1) is 13.2. The number of hydrogen-bond acceptors (Lipinski definition) is 3. The van der Waals surface area contributed by atoms with E-state index in [1.807, 2.05) is 38.1 Å². The smallest absolute Gasteiger partial charge is 0.152 e. The Kier molecular flexibility index (Phi) is 4.10. The Morgan fingerprint density at radius 1 is 1.38 bits per heavy atom. The van der Waals surface area contributed by atoms with Gasteiger partial charge in [-0.15, -0.1) is 0 Å². The van der Waals surface area contributed by atoms with Gasteiger partial charge < -0.3 is 5.73 Å². The summed E-state index contributed by atoms with van der Waals surface area (Å²) in [5, 5.41) is -0.505. The lowest BCUT2D eigenvalue weighted by Crippen LogP contribution is -2.32. The van der Waals surface area contributed by atoms with Crippen LogP contribution in [0.15, 0.2) is 24.3 Å². The molecule has 0 unspecified atom stereocenters. The van der Waals surface area contributed by atoms with Gasteiger partial charge in [-0.3, -0.25) is 0 Å². The summed E-state index contributed by atoms with van der Waals surface area (Å²) >= 11 is 0. The van der Waals surface area contributed by atoms with Crippen LogP contribution >= 0.6 is 0 Å². The topological polar surface area (TPSA) is 60.2 Å². The zero-order chi connectivity index (χ0) is 12.3. The number of rotatable bonds is 4. The highest BCUT2D eigenvalue weighted by Crippen LogP contribution is 2.22. The molecule has 1 aromatic carbocycles. The third-order valence-corrected chi connectivity index (χ3v) is 4.51. The van der Waals surface area contributed by atoms with Crippen LogP contribution in [-0.4, -0.2) is 19.9 Å². The molecule has 0 radical (unpaired) electrons. The first-order chi connectivity index (χ1) is 7.36. The molecule has 0 spiro atoms. The minimum absolute atomic E-state index is 0.445. The van der Waals surface area contributed by atoms with E-state index in [9.17, 15) is 8.42 Å². The van der Waals surface area contributed by atoms with E-state index >= 15 is 0 Å². The van der Waals surface area contributed by atoms with E-state index in [0.717, 1.165) is 11.1 Å². The predicted octanol–water partition coefficient (Wildman–Crippen LogP) is 1.82. The van der Waals surface area contributed by atoms with Crippen LogP contribution in [0.25, 0.3) is 0 Å². The molecule has 90 valence electrons. The highest BCUT2D eigenvalue weighted by Gasteiger charge is 2.26. The summed E-state index contributed by atoms with van der Waals surface area (Å²) in [6.07, 6.45) is 1.78. The third kappa shape index (κ3) is 3.06. The highest BCUT2D eigenvalue weighted by molar-refractivity contribution is 7.91. The van der Waals surface area contributed by atoms with E-state index in [1.54, 1.807) is 0 Å². The van der Waals surface area contributed by atoms with Crippen molar-refractivity contribution in [2.24, 2.45) is 5.73 Å². The molecular weight excluding hydrogens is 222 g/mol. The molecular formula is C12H19NO2S. The fourth-order valence-corrected chi connectivity index (χ4v) is 3.21. The van der Waals surface area contributed by atoms with Crippen molar-refractivity contribution in [2.45, 2.75) is 31.6 Å². The maximum absolute atomic E-state index is 11.6. The SMILES string of the molecule is CC[C@H]([C@H](N)c1cccc(C)c1)S(C)(=O)=O. The van der Waals surface area contributed by atoms with Crippen molar-refractivity contribution in [3.63, 3.8) is 0 Å². The monoisotopic (exact) mass is 241 g/mol. The first-order valence-electron chi connectivity index (χ1n) is 5.37. The van der Waals surface area contributed by atoms with Crippen LogP contribution in [-0.2, 0) is 9.84 Å². The average molecular weight is 241 g/mol. The summed E-state index contributed by atoms with van der Waals surface area (Å²) in [4.78, 5) is 0. The van der Waals surface area contributed by atoms with Crippen LogP contribution < -0.4 is 5.73 Å². The normalized spacial score (nSPS) is 15.8. The van der Waals surface area contributed by atoms with Crippen LogP contribution in [0.4, 0.5) is 0 Å². The Hall–Kier alpha value is -0.870. The molecule has 0 saturated heterocycles. The van der Waals surface area contributed by atoms with Gasteiger partial charge in [-0.05, 0) is 18.9 Å². The fourth-order valence-electron chi connectivity index (χ4n) is 1.92. The Morgan fingerprint density at radius 2 is 2.00 bits per heavy atom. The summed E-state index contributed by atoms with van der Waals surface area (Å²) in [6.45, 7) is 3.82. The van der Waals surface area contributed by atoms with E-state index < -0.39 is 21.1 Å². The first-order valence-corrected chi connectivity index (χ1v) is 7.32. The number of sulfone groups is 1. The van der Waals surface area contributed by atoms with Crippen molar-refractivity contribution >= 4 is 9.84 Å². The van der Waals surface area contributed by atoms with E-state index in [2.05, 4.69) is 0 Å².